The molecule has 1 N–H and O–H groups in total. The minimum atomic E-state index is 1.15. The SMILES string of the molecule is CCCCc1[nH+]cns1. The number of rotatable bonds is 3. The molecule has 1 aromatic rings. The van der Waals surface area contributed by atoms with Gasteiger partial charge in [-0.05, 0) is 6.42 Å². The van der Waals surface area contributed by atoms with Gasteiger partial charge in [0.05, 0.1) is 0 Å². The molecule has 0 aliphatic carbocycles. The zero-order valence-corrected chi connectivity index (χ0v) is 6.37. The summed E-state index contributed by atoms with van der Waals surface area (Å²) in [4.78, 5) is 3.08. The van der Waals surface area contributed by atoms with Crippen LogP contribution in [0.2, 0.25) is 0 Å². The second-order valence-electron chi connectivity index (χ2n) is 2.00. The standard InChI is InChI=1S/C6H10N2S/c1-2-3-4-6-7-5-8-9-6/h5H,2-4H2,1H3/p+1. The summed E-state index contributed by atoms with van der Waals surface area (Å²) in [6, 6.07) is 0. The molecule has 0 saturated heterocycles. The van der Waals surface area contributed by atoms with Crippen LogP contribution in [0.1, 0.15) is 24.8 Å². The van der Waals surface area contributed by atoms with Crippen LogP contribution in [0.4, 0.5) is 0 Å². The normalized spacial score (nSPS) is 9.89. The Balaban J connectivity index is 2.30. The predicted molar refractivity (Wildman–Crippen MR) is 37.3 cm³/mol. The molecule has 1 aromatic heterocycles. The second-order valence-corrected chi connectivity index (χ2v) is 2.88. The summed E-state index contributed by atoms with van der Waals surface area (Å²) in [6.45, 7) is 2.20. The summed E-state index contributed by atoms with van der Waals surface area (Å²) in [5, 5.41) is 1.29. The molecule has 0 spiro atoms. The monoisotopic (exact) mass is 143 g/mol. The number of hydrogen-bond donors (Lipinski definition) is 0. The highest BCUT2D eigenvalue weighted by Crippen LogP contribution is 2.00. The molecule has 0 bridgehead atoms. The lowest BCUT2D eigenvalue weighted by Gasteiger charge is -1.84. The van der Waals surface area contributed by atoms with Gasteiger partial charge in [0.1, 0.15) is 11.5 Å². The van der Waals surface area contributed by atoms with Crippen molar-refractivity contribution < 1.29 is 4.98 Å². The van der Waals surface area contributed by atoms with Gasteiger partial charge in [-0.2, -0.15) is 0 Å². The molecule has 0 saturated carbocycles. The topological polar surface area (TPSA) is 27.0 Å². The number of aryl methyl sites for hydroxylation is 1. The smallest absolute Gasteiger partial charge is 0.235 e. The van der Waals surface area contributed by atoms with Crippen molar-refractivity contribution in [1.29, 1.82) is 0 Å². The van der Waals surface area contributed by atoms with E-state index in [1.807, 2.05) is 0 Å². The van der Waals surface area contributed by atoms with Crippen LogP contribution < -0.4 is 4.98 Å². The molecule has 0 aliphatic rings. The van der Waals surface area contributed by atoms with E-state index in [9.17, 15) is 0 Å². The number of H-pyrrole nitrogens is 1. The number of nitrogens with one attached hydrogen (secondary N) is 1. The maximum Gasteiger partial charge on any atom is 0.300 e. The van der Waals surface area contributed by atoms with Gasteiger partial charge >= 0.3 is 0 Å². The van der Waals surface area contributed by atoms with Crippen molar-refractivity contribution in [2.45, 2.75) is 26.2 Å². The first kappa shape index (κ1) is 6.68. The van der Waals surface area contributed by atoms with Crippen molar-refractivity contribution in [3.63, 3.8) is 0 Å². The first-order valence-corrected chi connectivity index (χ1v) is 4.02. The molecule has 3 heteroatoms. The van der Waals surface area contributed by atoms with Crippen LogP contribution in [0.15, 0.2) is 6.33 Å². The Morgan fingerprint density at radius 2 is 2.67 bits per heavy atom. The Hall–Kier alpha value is -0.440. The Labute approximate surface area is 59.1 Å². The fraction of sp³-hybridized carbons (Fsp3) is 0.667. The van der Waals surface area contributed by atoms with Crippen molar-refractivity contribution in [2.24, 2.45) is 0 Å². The quantitative estimate of drug-likeness (QED) is 0.626. The summed E-state index contributed by atoms with van der Waals surface area (Å²) >= 11 is 1.56. The number of hydrogen-bond acceptors (Lipinski definition) is 2. The second kappa shape index (κ2) is 3.56. The van der Waals surface area contributed by atoms with Crippen LogP contribution in [0.5, 0.6) is 0 Å². The van der Waals surface area contributed by atoms with Crippen molar-refractivity contribution in [1.82, 2.24) is 4.37 Å². The predicted octanol–water partition coefficient (Wildman–Crippen LogP) is 1.30. The maximum absolute atomic E-state index is 3.96. The first-order chi connectivity index (χ1) is 4.43. The van der Waals surface area contributed by atoms with Crippen LogP contribution in [0, 0.1) is 0 Å². The van der Waals surface area contributed by atoms with Crippen molar-refractivity contribution in [2.75, 3.05) is 0 Å². The molecule has 0 amide bonds. The first-order valence-electron chi connectivity index (χ1n) is 3.24. The average Bonchev–Trinajstić information content (AvgIpc) is 2.34. The van der Waals surface area contributed by atoms with Crippen LogP contribution in [0.3, 0.4) is 0 Å². The lowest BCUT2D eigenvalue weighted by Crippen LogP contribution is -2.02. The third-order valence-electron chi connectivity index (χ3n) is 1.20. The average molecular weight is 143 g/mol. The maximum atomic E-state index is 3.96. The molecule has 2 nitrogen and oxygen atoms in total. The van der Waals surface area contributed by atoms with Gasteiger partial charge in [-0.15, -0.1) is 0 Å². The van der Waals surface area contributed by atoms with Crippen LogP contribution in [-0.4, -0.2) is 4.37 Å². The summed E-state index contributed by atoms with van der Waals surface area (Å²) in [7, 11) is 0. The fourth-order valence-electron chi connectivity index (χ4n) is 0.670. The highest BCUT2D eigenvalue weighted by Gasteiger charge is 1.99. The Morgan fingerprint density at radius 1 is 1.78 bits per heavy atom. The summed E-state index contributed by atoms with van der Waals surface area (Å²) < 4.78 is 3.96. The van der Waals surface area contributed by atoms with E-state index in [0.717, 1.165) is 6.42 Å². The van der Waals surface area contributed by atoms with Crippen LogP contribution in [0.25, 0.3) is 0 Å². The fourth-order valence-corrected chi connectivity index (χ4v) is 1.24. The highest BCUT2D eigenvalue weighted by molar-refractivity contribution is 7.04. The van der Waals surface area contributed by atoms with E-state index in [4.69, 9.17) is 0 Å². The molecule has 9 heavy (non-hydrogen) atoms. The van der Waals surface area contributed by atoms with Crippen molar-refractivity contribution in [3.8, 4) is 0 Å². The molecule has 0 radical (unpaired) electrons. The minimum Gasteiger partial charge on any atom is -0.235 e. The van der Waals surface area contributed by atoms with Crippen LogP contribution in [-0.2, 0) is 6.42 Å². The molecule has 0 fully saturated rings. The lowest BCUT2D eigenvalue weighted by atomic mass is 10.3. The third kappa shape index (κ3) is 2.10. The number of nitrogens with zero attached hydrogens (tertiary/aromatic N) is 1. The van der Waals surface area contributed by atoms with E-state index in [2.05, 4.69) is 16.3 Å². The van der Waals surface area contributed by atoms with E-state index in [1.54, 1.807) is 17.9 Å². The Kier molecular flexibility index (Phi) is 2.64. The Morgan fingerprint density at radius 3 is 3.22 bits per heavy atom. The van der Waals surface area contributed by atoms with Gasteiger partial charge in [-0.25, -0.2) is 4.98 Å². The Bertz CT molecular complexity index is 148. The number of aromatic nitrogens is 2. The van der Waals surface area contributed by atoms with E-state index in [1.165, 1.54) is 17.8 Å². The molecule has 50 valence electrons. The molecule has 1 rings (SSSR count). The van der Waals surface area contributed by atoms with E-state index in [-0.39, 0.29) is 0 Å². The van der Waals surface area contributed by atoms with Gasteiger partial charge in [-0.3, -0.25) is 0 Å². The highest BCUT2D eigenvalue weighted by atomic mass is 32.1. The van der Waals surface area contributed by atoms with Gasteiger partial charge in [0.25, 0.3) is 6.33 Å². The summed E-state index contributed by atoms with van der Waals surface area (Å²) in [6.07, 6.45) is 5.42. The van der Waals surface area contributed by atoms with Gasteiger partial charge < -0.3 is 0 Å². The molecule has 0 aromatic carbocycles. The van der Waals surface area contributed by atoms with Gasteiger partial charge in [-0.1, -0.05) is 13.3 Å². The molecule has 0 aliphatic heterocycles. The van der Waals surface area contributed by atoms with Crippen molar-refractivity contribution >= 4 is 11.5 Å². The zero-order valence-electron chi connectivity index (χ0n) is 5.55. The van der Waals surface area contributed by atoms with Crippen molar-refractivity contribution in [3.05, 3.63) is 11.3 Å². The largest absolute Gasteiger partial charge is 0.300 e. The molecular formula is C6H11N2S+. The molecule has 0 atom stereocenters. The van der Waals surface area contributed by atoms with Gasteiger partial charge in [0.2, 0.25) is 0 Å². The van der Waals surface area contributed by atoms with E-state index >= 15 is 0 Å². The summed E-state index contributed by atoms with van der Waals surface area (Å²) in [5.41, 5.74) is 0. The van der Waals surface area contributed by atoms with E-state index in [0.29, 0.717) is 0 Å². The number of unbranched alkanes of at least 4 members (excludes halogenated alkanes) is 1. The lowest BCUT2D eigenvalue weighted by molar-refractivity contribution is -0.385. The summed E-state index contributed by atoms with van der Waals surface area (Å²) in [5.74, 6) is 0. The minimum absolute atomic E-state index is 1.15. The van der Waals surface area contributed by atoms with E-state index < -0.39 is 0 Å². The van der Waals surface area contributed by atoms with Gasteiger partial charge in [0, 0.05) is 10.8 Å². The number of aromatic amines is 1. The molecule has 0 unspecified atom stereocenters. The third-order valence-corrected chi connectivity index (χ3v) is 1.95. The molecule has 1 heterocycles. The van der Waals surface area contributed by atoms with Gasteiger partial charge in [0.15, 0.2) is 5.01 Å². The molecular weight excluding hydrogens is 132 g/mol. The van der Waals surface area contributed by atoms with Crippen LogP contribution >= 0.6 is 11.5 Å². The zero-order chi connectivity index (χ0) is 6.53.